The molecule has 0 fully saturated rings. The molecule has 1 heterocycles. The van der Waals surface area contributed by atoms with Crippen molar-refractivity contribution in [3.05, 3.63) is 47.9 Å². The molecule has 1 atom stereocenters. The van der Waals surface area contributed by atoms with Gasteiger partial charge in [0.15, 0.2) is 5.78 Å². The number of carbonyl (C=O) groups is 2. The van der Waals surface area contributed by atoms with Crippen molar-refractivity contribution >= 4 is 29.1 Å². The first kappa shape index (κ1) is 17.1. The second kappa shape index (κ2) is 7.87. The van der Waals surface area contributed by atoms with Crippen LogP contribution in [0.15, 0.2) is 41.7 Å². The summed E-state index contributed by atoms with van der Waals surface area (Å²) in [5.74, 6) is -0.0756. The molecule has 0 saturated heterocycles. The molecule has 5 nitrogen and oxygen atoms in total. The van der Waals surface area contributed by atoms with E-state index in [0.717, 1.165) is 10.7 Å². The smallest absolute Gasteiger partial charge is 0.237 e. The molecule has 2 rings (SSSR count). The van der Waals surface area contributed by atoms with Crippen molar-refractivity contribution in [3.8, 4) is 0 Å². The van der Waals surface area contributed by atoms with Crippen LogP contribution in [0.2, 0.25) is 0 Å². The Morgan fingerprint density at radius 1 is 1.22 bits per heavy atom. The maximum Gasteiger partial charge on any atom is 0.237 e. The van der Waals surface area contributed by atoms with Gasteiger partial charge in [-0.2, -0.15) is 0 Å². The fourth-order valence-electron chi connectivity index (χ4n) is 1.97. The Balaban J connectivity index is 2.03. The quantitative estimate of drug-likeness (QED) is 0.499. The van der Waals surface area contributed by atoms with E-state index in [-0.39, 0.29) is 16.9 Å². The van der Waals surface area contributed by atoms with Gasteiger partial charge in [-0.05, 0) is 50.6 Å². The Hall–Kier alpha value is -2.21. The van der Waals surface area contributed by atoms with Gasteiger partial charge in [0.05, 0.1) is 5.25 Å². The average molecular weight is 329 g/mol. The average Bonchev–Trinajstić information content (AvgIpc) is 2.53. The van der Waals surface area contributed by atoms with Crippen molar-refractivity contribution in [2.45, 2.75) is 37.5 Å². The number of amides is 1. The van der Waals surface area contributed by atoms with E-state index in [2.05, 4.69) is 15.3 Å². The van der Waals surface area contributed by atoms with Crippen LogP contribution in [0.1, 0.15) is 36.3 Å². The van der Waals surface area contributed by atoms with Crippen molar-refractivity contribution in [3.63, 3.8) is 0 Å². The molecule has 1 unspecified atom stereocenters. The van der Waals surface area contributed by atoms with Gasteiger partial charge in [0.25, 0.3) is 0 Å². The van der Waals surface area contributed by atoms with E-state index >= 15 is 0 Å². The molecular formula is C17H19N3O2S. The van der Waals surface area contributed by atoms with Crippen LogP contribution < -0.4 is 5.32 Å². The summed E-state index contributed by atoms with van der Waals surface area (Å²) in [5, 5.41) is 3.42. The highest BCUT2D eigenvalue weighted by Crippen LogP contribution is 2.25. The first-order valence-electron chi connectivity index (χ1n) is 7.36. The van der Waals surface area contributed by atoms with E-state index in [0.29, 0.717) is 17.7 Å². The predicted octanol–water partition coefficient (Wildman–Crippen LogP) is 3.50. The van der Waals surface area contributed by atoms with E-state index in [1.165, 1.54) is 25.0 Å². The Bertz CT molecular complexity index is 701. The largest absolute Gasteiger partial charge is 0.325 e. The molecule has 2 aromatic rings. The third-order valence-electron chi connectivity index (χ3n) is 3.26. The van der Waals surface area contributed by atoms with Crippen molar-refractivity contribution in [2.24, 2.45) is 0 Å². The number of aryl methyl sites for hydroxylation is 1. The van der Waals surface area contributed by atoms with Crippen LogP contribution in [0, 0.1) is 6.92 Å². The van der Waals surface area contributed by atoms with Crippen LogP contribution in [0.4, 0.5) is 5.69 Å². The minimum absolute atomic E-state index is 0.00370. The van der Waals surface area contributed by atoms with Crippen LogP contribution in [0.5, 0.6) is 0 Å². The summed E-state index contributed by atoms with van der Waals surface area (Å²) < 4.78 is 0. The standard InChI is InChI=1S/C17H19N3O2S/c1-4-15(23-16-9-11(2)18-10-19-16)17(22)20-14-7-5-13(6-8-14)12(3)21/h5-10,15H,4H2,1-3H3,(H,20,22). The second-order valence-corrected chi connectivity index (χ2v) is 6.36. The number of aromatic nitrogens is 2. The van der Waals surface area contributed by atoms with E-state index in [9.17, 15) is 9.59 Å². The van der Waals surface area contributed by atoms with E-state index in [1.807, 2.05) is 19.9 Å². The zero-order valence-corrected chi connectivity index (χ0v) is 14.2. The van der Waals surface area contributed by atoms with Crippen LogP contribution >= 0.6 is 11.8 Å². The summed E-state index contributed by atoms with van der Waals surface area (Å²) in [5.41, 5.74) is 2.18. The van der Waals surface area contributed by atoms with Crippen LogP contribution in [-0.4, -0.2) is 26.9 Å². The monoisotopic (exact) mass is 329 g/mol. The zero-order valence-electron chi connectivity index (χ0n) is 13.4. The van der Waals surface area contributed by atoms with Crippen molar-refractivity contribution in [1.82, 2.24) is 9.97 Å². The van der Waals surface area contributed by atoms with Gasteiger partial charge in [0.2, 0.25) is 5.91 Å². The van der Waals surface area contributed by atoms with Gasteiger partial charge >= 0.3 is 0 Å². The fraction of sp³-hybridized carbons (Fsp3) is 0.294. The molecule has 0 spiro atoms. The van der Waals surface area contributed by atoms with Crippen molar-refractivity contribution in [2.75, 3.05) is 5.32 Å². The third kappa shape index (κ3) is 4.89. The molecule has 0 radical (unpaired) electrons. The van der Waals surface area contributed by atoms with Crippen LogP contribution in [0.25, 0.3) is 0 Å². The molecule has 1 amide bonds. The highest BCUT2D eigenvalue weighted by Gasteiger charge is 2.19. The number of rotatable bonds is 6. The number of hydrogen-bond donors (Lipinski definition) is 1. The molecule has 0 saturated carbocycles. The van der Waals surface area contributed by atoms with Crippen LogP contribution in [-0.2, 0) is 4.79 Å². The Labute approximate surface area is 139 Å². The van der Waals surface area contributed by atoms with Gasteiger partial charge < -0.3 is 5.32 Å². The second-order valence-electron chi connectivity index (χ2n) is 5.14. The van der Waals surface area contributed by atoms with Crippen molar-refractivity contribution < 1.29 is 9.59 Å². The molecule has 1 aromatic heterocycles. The molecule has 0 aliphatic rings. The van der Waals surface area contributed by atoms with E-state index < -0.39 is 0 Å². The Morgan fingerprint density at radius 2 is 1.91 bits per heavy atom. The van der Waals surface area contributed by atoms with Gasteiger partial charge in [-0.15, -0.1) is 0 Å². The minimum atomic E-state index is -0.239. The molecule has 1 aromatic carbocycles. The number of anilines is 1. The molecule has 23 heavy (non-hydrogen) atoms. The number of nitrogens with one attached hydrogen (secondary N) is 1. The minimum Gasteiger partial charge on any atom is -0.325 e. The first-order chi connectivity index (χ1) is 11.0. The van der Waals surface area contributed by atoms with Gasteiger partial charge in [0, 0.05) is 16.9 Å². The Kier molecular flexibility index (Phi) is 5.87. The lowest BCUT2D eigenvalue weighted by Gasteiger charge is -2.14. The van der Waals surface area contributed by atoms with Crippen LogP contribution in [0.3, 0.4) is 0 Å². The molecule has 0 bridgehead atoms. The summed E-state index contributed by atoms with van der Waals surface area (Å²) in [4.78, 5) is 31.9. The van der Waals surface area contributed by atoms with E-state index in [1.54, 1.807) is 24.3 Å². The molecule has 0 aliphatic carbocycles. The topological polar surface area (TPSA) is 72.0 Å². The molecular weight excluding hydrogens is 310 g/mol. The lowest BCUT2D eigenvalue weighted by Crippen LogP contribution is -2.24. The molecule has 6 heteroatoms. The third-order valence-corrected chi connectivity index (χ3v) is 4.56. The SMILES string of the molecule is CCC(Sc1cc(C)ncn1)C(=O)Nc1ccc(C(C)=O)cc1. The molecule has 120 valence electrons. The summed E-state index contributed by atoms with van der Waals surface area (Å²) in [7, 11) is 0. The number of hydrogen-bond acceptors (Lipinski definition) is 5. The molecule has 0 aliphatic heterocycles. The predicted molar refractivity (Wildman–Crippen MR) is 91.8 cm³/mol. The summed E-state index contributed by atoms with van der Waals surface area (Å²) in [6.45, 7) is 5.37. The lowest BCUT2D eigenvalue weighted by atomic mass is 10.1. The zero-order chi connectivity index (χ0) is 16.8. The van der Waals surface area contributed by atoms with Gasteiger partial charge in [0.1, 0.15) is 11.4 Å². The number of ketones is 1. The lowest BCUT2D eigenvalue weighted by molar-refractivity contribution is -0.115. The highest BCUT2D eigenvalue weighted by atomic mass is 32.2. The maximum atomic E-state index is 12.4. The summed E-state index contributed by atoms with van der Waals surface area (Å²) >= 11 is 1.42. The van der Waals surface area contributed by atoms with Gasteiger partial charge in [-0.25, -0.2) is 9.97 Å². The number of benzene rings is 1. The highest BCUT2D eigenvalue weighted by molar-refractivity contribution is 8.00. The van der Waals surface area contributed by atoms with Gasteiger partial charge in [-0.3, -0.25) is 9.59 Å². The van der Waals surface area contributed by atoms with Crippen molar-refractivity contribution in [1.29, 1.82) is 0 Å². The number of nitrogens with zero attached hydrogens (tertiary/aromatic N) is 2. The molecule has 1 N–H and O–H groups in total. The normalized spacial score (nSPS) is 11.8. The summed E-state index contributed by atoms with van der Waals surface area (Å²) in [6, 6.07) is 8.75. The van der Waals surface area contributed by atoms with E-state index in [4.69, 9.17) is 0 Å². The first-order valence-corrected chi connectivity index (χ1v) is 8.24. The number of thioether (sulfide) groups is 1. The number of carbonyl (C=O) groups excluding carboxylic acids is 2. The van der Waals surface area contributed by atoms with Gasteiger partial charge in [-0.1, -0.05) is 18.7 Å². The number of Topliss-reactive ketones (excluding diaryl/α,β-unsaturated/α-hetero) is 1. The Morgan fingerprint density at radius 3 is 2.48 bits per heavy atom. The summed E-state index contributed by atoms with van der Waals surface area (Å²) in [6.07, 6.45) is 2.19. The maximum absolute atomic E-state index is 12.4. The fourth-order valence-corrected chi connectivity index (χ4v) is 2.94.